The topological polar surface area (TPSA) is 74.2 Å². The Morgan fingerprint density at radius 1 is 1.00 bits per heavy atom. The van der Waals surface area contributed by atoms with Crippen molar-refractivity contribution in [2.75, 3.05) is 18.0 Å². The van der Waals surface area contributed by atoms with E-state index < -0.39 is 5.82 Å². The lowest BCUT2D eigenvalue weighted by Crippen LogP contribution is -2.51. The van der Waals surface area contributed by atoms with E-state index in [9.17, 15) is 5.11 Å². The molecule has 2 saturated heterocycles. The van der Waals surface area contributed by atoms with Gasteiger partial charge >= 0.3 is 0 Å². The quantitative estimate of drug-likeness (QED) is 0.534. The number of aromatic hydroxyl groups is 1. The van der Waals surface area contributed by atoms with Crippen molar-refractivity contribution in [2.45, 2.75) is 24.9 Å². The standard InChI is InChI=1S/C23H20FN5O/c24-20-21(18-8-16(30)7-13-3-1-2-4-17(13)18)25-9-19-22(20)26-12-27-23(19)29-10-14-5-6-15(11-29)28-14/h1-4,7-9,12,14-15,28,30H,5-6,10-11H2/t14-,15+. The van der Waals surface area contributed by atoms with Gasteiger partial charge in [-0.3, -0.25) is 4.98 Å². The van der Waals surface area contributed by atoms with E-state index in [2.05, 4.69) is 25.2 Å². The van der Waals surface area contributed by atoms with Crippen LogP contribution in [-0.2, 0) is 0 Å². The van der Waals surface area contributed by atoms with Crippen molar-refractivity contribution in [3.05, 3.63) is 54.7 Å². The number of hydrogen-bond acceptors (Lipinski definition) is 6. The van der Waals surface area contributed by atoms with Gasteiger partial charge in [0.25, 0.3) is 0 Å². The lowest BCUT2D eigenvalue weighted by molar-refractivity contribution is 0.464. The van der Waals surface area contributed by atoms with Gasteiger partial charge in [-0.1, -0.05) is 24.3 Å². The van der Waals surface area contributed by atoms with Crippen molar-refractivity contribution in [3.8, 4) is 17.0 Å². The molecule has 0 unspecified atom stereocenters. The monoisotopic (exact) mass is 401 g/mol. The fourth-order valence-electron chi connectivity index (χ4n) is 4.88. The Bertz CT molecular complexity index is 1280. The molecule has 2 aliphatic heterocycles. The van der Waals surface area contributed by atoms with Gasteiger partial charge in [-0.2, -0.15) is 0 Å². The largest absolute Gasteiger partial charge is 0.508 e. The second-order valence-corrected chi connectivity index (χ2v) is 8.14. The molecule has 2 aromatic carbocycles. The normalized spacial score (nSPS) is 20.9. The van der Waals surface area contributed by atoms with Gasteiger partial charge in [-0.15, -0.1) is 0 Å². The number of halogens is 1. The number of benzene rings is 2. The van der Waals surface area contributed by atoms with Crippen LogP contribution in [0.4, 0.5) is 10.2 Å². The SMILES string of the molecule is Oc1cc(-c2ncc3c(N4C[C@H]5CC[C@@H](C4)N5)ncnc3c2F)c2ccccc2c1. The third kappa shape index (κ3) is 2.69. The number of pyridine rings is 1. The summed E-state index contributed by atoms with van der Waals surface area (Å²) >= 11 is 0. The molecule has 6 nitrogen and oxygen atoms in total. The van der Waals surface area contributed by atoms with Crippen molar-refractivity contribution in [1.29, 1.82) is 0 Å². The minimum Gasteiger partial charge on any atom is -0.508 e. The molecule has 2 fully saturated rings. The Kier molecular flexibility index (Phi) is 3.86. The molecule has 0 spiro atoms. The molecule has 150 valence electrons. The molecule has 2 atom stereocenters. The number of nitrogens with one attached hydrogen (secondary N) is 1. The van der Waals surface area contributed by atoms with E-state index in [1.54, 1.807) is 18.3 Å². The van der Waals surface area contributed by atoms with Gasteiger partial charge in [0.05, 0.1) is 5.39 Å². The number of rotatable bonds is 2. The number of nitrogens with zero attached hydrogens (tertiary/aromatic N) is 4. The summed E-state index contributed by atoms with van der Waals surface area (Å²) in [4.78, 5) is 15.4. The van der Waals surface area contributed by atoms with E-state index >= 15 is 4.39 Å². The number of aromatic nitrogens is 3. The van der Waals surface area contributed by atoms with E-state index in [0.29, 0.717) is 23.0 Å². The maximum absolute atomic E-state index is 15.7. The Hall–Kier alpha value is -3.32. The van der Waals surface area contributed by atoms with Crippen LogP contribution in [-0.4, -0.2) is 45.2 Å². The molecule has 7 heteroatoms. The lowest BCUT2D eigenvalue weighted by atomic mass is 10.0. The molecule has 2 bridgehead atoms. The van der Waals surface area contributed by atoms with Gasteiger partial charge in [0.1, 0.15) is 29.1 Å². The molecule has 4 aromatic rings. The van der Waals surface area contributed by atoms with E-state index in [4.69, 9.17) is 0 Å². The Morgan fingerprint density at radius 2 is 1.80 bits per heavy atom. The zero-order chi connectivity index (χ0) is 20.2. The van der Waals surface area contributed by atoms with Crippen molar-refractivity contribution < 1.29 is 9.50 Å². The van der Waals surface area contributed by atoms with Crippen molar-refractivity contribution >= 4 is 27.5 Å². The summed E-state index contributed by atoms with van der Waals surface area (Å²) in [5.41, 5.74) is 0.980. The van der Waals surface area contributed by atoms with Crippen LogP contribution in [0, 0.1) is 5.82 Å². The number of phenols is 1. The Labute approximate surface area is 172 Å². The molecule has 4 heterocycles. The molecule has 2 N–H and O–H groups in total. The van der Waals surface area contributed by atoms with Crippen LogP contribution in [0.5, 0.6) is 5.75 Å². The molecule has 6 rings (SSSR count). The van der Waals surface area contributed by atoms with Crippen LogP contribution < -0.4 is 10.2 Å². The summed E-state index contributed by atoms with van der Waals surface area (Å²) in [5, 5.41) is 16.0. The van der Waals surface area contributed by atoms with Gasteiger partial charge in [0.2, 0.25) is 0 Å². The number of phenolic OH excluding ortho intramolecular Hbond substituents is 1. The van der Waals surface area contributed by atoms with Crippen LogP contribution >= 0.6 is 0 Å². The number of piperazine rings is 1. The molecular weight excluding hydrogens is 381 g/mol. The highest BCUT2D eigenvalue weighted by molar-refractivity contribution is 5.99. The average molecular weight is 401 g/mol. The highest BCUT2D eigenvalue weighted by atomic mass is 19.1. The van der Waals surface area contributed by atoms with Crippen LogP contribution in [0.15, 0.2) is 48.9 Å². The molecule has 2 aliphatic rings. The minimum absolute atomic E-state index is 0.0738. The Morgan fingerprint density at radius 3 is 2.63 bits per heavy atom. The van der Waals surface area contributed by atoms with Gasteiger partial charge in [-0.05, 0) is 35.7 Å². The second kappa shape index (κ2) is 6.60. The number of hydrogen-bond donors (Lipinski definition) is 2. The summed E-state index contributed by atoms with van der Waals surface area (Å²) in [6, 6.07) is 11.7. The highest BCUT2D eigenvalue weighted by Gasteiger charge is 2.33. The van der Waals surface area contributed by atoms with Gasteiger partial charge < -0.3 is 15.3 Å². The molecule has 30 heavy (non-hydrogen) atoms. The van der Waals surface area contributed by atoms with E-state index in [1.807, 2.05) is 24.3 Å². The summed E-state index contributed by atoms with van der Waals surface area (Å²) in [6.45, 7) is 1.70. The van der Waals surface area contributed by atoms with Crippen molar-refractivity contribution in [2.24, 2.45) is 0 Å². The molecule has 0 radical (unpaired) electrons. The van der Waals surface area contributed by atoms with Crippen LogP contribution in [0.2, 0.25) is 0 Å². The molecular formula is C23H20FN5O. The number of fused-ring (bicyclic) bond motifs is 4. The maximum Gasteiger partial charge on any atom is 0.175 e. The van der Waals surface area contributed by atoms with Crippen LogP contribution in [0.25, 0.3) is 32.9 Å². The molecule has 0 saturated carbocycles. The first-order chi connectivity index (χ1) is 14.7. The zero-order valence-corrected chi connectivity index (χ0v) is 16.2. The van der Waals surface area contributed by atoms with Crippen LogP contribution in [0.3, 0.4) is 0 Å². The predicted molar refractivity (Wildman–Crippen MR) is 114 cm³/mol. The fraction of sp³-hybridized carbons (Fsp3) is 0.261. The van der Waals surface area contributed by atoms with Gasteiger partial charge in [0.15, 0.2) is 5.82 Å². The first-order valence-corrected chi connectivity index (χ1v) is 10.2. The van der Waals surface area contributed by atoms with E-state index in [-0.39, 0.29) is 17.0 Å². The summed E-state index contributed by atoms with van der Waals surface area (Å²) in [6.07, 6.45) is 5.40. The fourth-order valence-corrected chi connectivity index (χ4v) is 4.88. The highest BCUT2D eigenvalue weighted by Crippen LogP contribution is 2.36. The molecule has 0 aliphatic carbocycles. The summed E-state index contributed by atoms with van der Waals surface area (Å²) in [5.74, 6) is 0.312. The second-order valence-electron chi connectivity index (χ2n) is 8.14. The van der Waals surface area contributed by atoms with E-state index in [1.165, 1.54) is 6.33 Å². The van der Waals surface area contributed by atoms with Crippen LogP contribution in [0.1, 0.15) is 12.8 Å². The zero-order valence-electron chi connectivity index (χ0n) is 16.2. The first-order valence-electron chi connectivity index (χ1n) is 10.2. The summed E-state index contributed by atoms with van der Waals surface area (Å²) in [7, 11) is 0. The Balaban J connectivity index is 1.52. The van der Waals surface area contributed by atoms with Crippen molar-refractivity contribution in [1.82, 2.24) is 20.3 Å². The average Bonchev–Trinajstić information content (AvgIpc) is 3.10. The smallest absolute Gasteiger partial charge is 0.175 e. The van der Waals surface area contributed by atoms with Gasteiger partial charge in [-0.25, -0.2) is 14.4 Å². The predicted octanol–water partition coefficient (Wildman–Crippen LogP) is 3.63. The van der Waals surface area contributed by atoms with E-state index in [0.717, 1.165) is 42.5 Å². The summed E-state index contributed by atoms with van der Waals surface area (Å²) < 4.78 is 15.7. The minimum atomic E-state index is -0.495. The first kappa shape index (κ1) is 17.5. The molecule has 2 aromatic heterocycles. The van der Waals surface area contributed by atoms with Crippen molar-refractivity contribution in [3.63, 3.8) is 0 Å². The lowest BCUT2D eigenvalue weighted by Gasteiger charge is -2.34. The van der Waals surface area contributed by atoms with Gasteiger partial charge in [0, 0.05) is 36.9 Å². The third-order valence-electron chi connectivity index (χ3n) is 6.22. The number of anilines is 1. The third-order valence-corrected chi connectivity index (χ3v) is 6.22. The maximum atomic E-state index is 15.7. The molecule has 0 amide bonds.